The Morgan fingerprint density at radius 2 is 1.79 bits per heavy atom. The molecule has 98 valence electrons. The SMILES string of the molecule is COC(=O)Cc1cc(C2CC2)c(C#N)c(C2CC2)c1. The molecule has 0 aromatic heterocycles. The van der Waals surface area contributed by atoms with Crippen LogP contribution in [0.4, 0.5) is 0 Å². The number of carbonyl (C=O) groups excluding carboxylic acids is 1. The van der Waals surface area contributed by atoms with E-state index in [2.05, 4.69) is 6.07 Å². The van der Waals surface area contributed by atoms with Crippen LogP contribution in [-0.2, 0) is 16.0 Å². The largest absolute Gasteiger partial charge is 0.469 e. The summed E-state index contributed by atoms with van der Waals surface area (Å²) in [6, 6.07) is 6.47. The van der Waals surface area contributed by atoms with Crippen LogP contribution in [0.1, 0.15) is 59.8 Å². The van der Waals surface area contributed by atoms with Crippen LogP contribution in [0.25, 0.3) is 0 Å². The minimum atomic E-state index is -0.215. The van der Waals surface area contributed by atoms with E-state index < -0.39 is 0 Å². The lowest BCUT2D eigenvalue weighted by Gasteiger charge is -2.11. The van der Waals surface area contributed by atoms with E-state index in [1.54, 1.807) is 0 Å². The van der Waals surface area contributed by atoms with E-state index in [4.69, 9.17) is 4.74 Å². The van der Waals surface area contributed by atoms with Gasteiger partial charge in [-0.1, -0.05) is 12.1 Å². The van der Waals surface area contributed by atoms with Gasteiger partial charge in [-0.2, -0.15) is 5.26 Å². The molecule has 2 fully saturated rings. The average Bonchev–Trinajstić information content (AvgIpc) is 3.30. The predicted octanol–water partition coefficient (Wildman–Crippen LogP) is 3.03. The van der Waals surface area contributed by atoms with Gasteiger partial charge in [0.1, 0.15) is 0 Å². The van der Waals surface area contributed by atoms with Crippen molar-refractivity contribution in [3.05, 3.63) is 34.4 Å². The van der Waals surface area contributed by atoms with Crippen molar-refractivity contribution < 1.29 is 9.53 Å². The van der Waals surface area contributed by atoms with Crippen molar-refractivity contribution in [2.45, 2.75) is 43.9 Å². The minimum Gasteiger partial charge on any atom is -0.469 e. The molecule has 0 N–H and O–H groups in total. The molecule has 0 bridgehead atoms. The lowest BCUT2D eigenvalue weighted by molar-refractivity contribution is -0.139. The molecule has 3 nitrogen and oxygen atoms in total. The van der Waals surface area contributed by atoms with E-state index in [1.807, 2.05) is 12.1 Å². The lowest BCUT2D eigenvalue weighted by atomic mass is 9.92. The molecule has 1 aromatic carbocycles. The van der Waals surface area contributed by atoms with Gasteiger partial charge in [-0.05, 0) is 54.2 Å². The highest BCUT2D eigenvalue weighted by Crippen LogP contribution is 2.47. The summed E-state index contributed by atoms with van der Waals surface area (Å²) in [5.74, 6) is 0.850. The smallest absolute Gasteiger partial charge is 0.309 e. The highest BCUT2D eigenvalue weighted by atomic mass is 16.5. The molecule has 19 heavy (non-hydrogen) atoms. The van der Waals surface area contributed by atoms with E-state index >= 15 is 0 Å². The molecule has 2 saturated carbocycles. The van der Waals surface area contributed by atoms with Gasteiger partial charge in [0, 0.05) is 0 Å². The van der Waals surface area contributed by atoms with Gasteiger partial charge in [-0.15, -0.1) is 0 Å². The number of rotatable bonds is 4. The second-order valence-corrected chi connectivity index (χ2v) is 5.56. The maximum Gasteiger partial charge on any atom is 0.309 e. The van der Waals surface area contributed by atoms with Gasteiger partial charge >= 0.3 is 5.97 Å². The summed E-state index contributed by atoms with van der Waals surface area (Å²) in [6.45, 7) is 0. The topological polar surface area (TPSA) is 50.1 Å². The Bertz CT molecular complexity index is 530. The molecular weight excluding hydrogens is 238 g/mol. The zero-order valence-corrected chi connectivity index (χ0v) is 11.1. The summed E-state index contributed by atoms with van der Waals surface area (Å²) >= 11 is 0. The zero-order chi connectivity index (χ0) is 13.4. The van der Waals surface area contributed by atoms with Crippen LogP contribution in [0.15, 0.2) is 12.1 Å². The van der Waals surface area contributed by atoms with Gasteiger partial charge < -0.3 is 4.74 Å². The summed E-state index contributed by atoms with van der Waals surface area (Å²) in [5, 5.41) is 9.43. The van der Waals surface area contributed by atoms with Crippen LogP contribution < -0.4 is 0 Å². The number of nitriles is 1. The standard InChI is InChI=1S/C16H17NO2/c1-19-16(18)8-10-6-13(11-2-3-11)15(9-17)14(7-10)12-4-5-12/h6-7,11-12H,2-5,8H2,1H3. The van der Waals surface area contributed by atoms with Crippen LogP contribution in [-0.4, -0.2) is 13.1 Å². The quantitative estimate of drug-likeness (QED) is 0.777. The summed E-state index contributed by atoms with van der Waals surface area (Å²) in [4.78, 5) is 11.4. The van der Waals surface area contributed by atoms with Crippen LogP contribution in [0.2, 0.25) is 0 Å². The Labute approximate surface area is 113 Å². The fourth-order valence-corrected chi connectivity index (χ4v) is 2.65. The van der Waals surface area contributed by atoms with Crippen LogP contribution in [0, 0.1) is 11.3 Å². The molecule has 0 unspecified atom stereocenters. The lowest BCUT2D eigenvalue weighted by Crippen LogP contribution is -2.06. The highest BCUT2D eigenvalue weighted by molar-refractivity contribution is 5.73. The number of esters is 1. The maximum absolute atomic E-state index is 11.4. The van der Waals surface area contributed by atoms with E-state index in [-0.39, 0.29) is 5.97 Å². The van der Waals surface area contributed by atoms with Crippen molar-refractivity contribution in [2.75, 3.05) is 7.11 Å². The van der Waals surface area contributed by atoms with Gasteiger partial charge in [0.15, 0.2) is 0 Å². The first-order valence-corrected chi connectivity index (χ1v) is 6.86. The third-order valence-corrected chi connectivity index (χ3v) is 3.98. The first-order chi connectivity index (χ1) is 9.22. The van der Waals surface area contributed by atoms with Crippen molar-refractivity contribution in [2.24, 2.45) is 0 Å². The molecule has 0 saturated heterocycles. The molecular formula is C16H17NO2. The molecule has 2 aliphatic carbocycles. The Morgan fingerprint density at radius 1 is 1.26 bits per heavy atom. The molecule has 0 spiro atoms. The Kier molecular flexibility index (Phi) is 3.02. The third-order valence-electron chi connectivity index (χ3n) is 3.98. The van der Waals surface area contributed by atoms with Crippen molar-refractivity contribution in [3.63, 3.8) is 0 Å². The Balaban J connectivity index is 2.01. The van der Waals surface area contributed by atoms with Gasteiger partial charge in [0.25, 0.3) is 0 Å². The van der Waals surface area contributed by atoms with Gasteiger partial charge in [0.2, 0.25) is 0 Å². The van der Waals surface area contributed by atoms with Gasteiger partial charge in [0.05, 0.1) is 25.2 Å². The second-order valence-electron chi connectivity index (χ2n) is 5.56. The first kappa shape index (κ1) is 12.2. The highest BCUT2D eigenvalue weighted by Gasteiger charge is 2.32. The number of hydrogen-bond donors (Lipinski definition) is 0. The molecule has 1 aromatic rings. The molecule has 3 heteroatoms. The van der Waals surface area contributed by atoms with E-state index in [1.165, 1.54) is 32.8 Å². The molecule has 0 aliphatic heterocycles. The monoisotopic (exact) mass is 255 g/mol. The third kappa shape index (κ3) is 2.49. The second kappa shape index (κ2) is 4.70. The number of hydrogen-bond acceptors (Lipinski definition) is 3. The Morgan fingerprint density at radius 3 is 2.16 bits per heavy atom. The number of methoxy groups -OCH3 is 1. The summed E-state index contributed by atoms with van der Waals surface area (Å²) in [6.07, 6.45) is 4.98. The Hall–Kier alpha value is -1.82. The normalized spacial score (nSPS) is 17.9. The van der Waals surface area contributed by atoms with Gasteiger partial charge in [-0.25, -0.2) is 0 Å². The maximum atomic E-state index is 11.4. The first-order valence-electron chi connectivity index (χ1n) is 6.86. The van der Waals surface area contributed by atoms with Gasteiger partial charge in [-0.3, -0.25) is 4.79 Å². The molecule has 0 heterocycles. The summed E-state index contributed by atoms with van der Waals surface area (Å²) < 4.78 is 4.74. The van der Waals surface area contributed by atoms with Crippen LogP contribution in [0.3, 0.4) is 0 Å². The fourth-order valence-electron chi connectivity index (χ4n) is 2.65. The van der Waals surface area contributed by atoms with Crippen LogP contribution in [0.5, 0.6) is 0 Å². The number of carbonyl (C=O) groups is 1. The fraction of sp³-hybridized carbons (Fsp3) is 0.500. The predicted molar refractivity (Wildman–Crippen MR) is 70.8 cm³/mol. The number of benzene rings is 1. The molecule has 3 rings (SSSR count). The van der Waals surface area contributed by atoms with Crippen molar-refractivity contribution >= 4 is 5.97 Å². The molecule has 0 atom stereocenters. The number of nitrogens with zero attached hydrogens (tertiary/aromatic N) is 1. The van der Waals surface area contributed by atoms with Crippen molar-refractivity contribution in [1.82, 2.24) is 0 Å². The van der Waals surface area contributed by atoms with Crippen molar-refractivity contribution in [1.29, 1.82) is 5.26 Å². The average molecular weight is 255 g/mol. The molecule has 2 aliphatic rings. The van der Waals surface area contributed by atoms with E-state index in [0.29, 0.717) is 18.3 Å². The molecule has 0 amide bonds. The number of ether oxygens (including phenoxy) is 1. The summed E-state index contributed by atoms with van der Waals surface area (Å²) in [7, 11) is 1.41. The minimum absolute atomic E-state index is 0.215. The van der Waals surface area contributed by atoms with E-state index in [9.17, 15) is 10.1 Å². The summed E-state index contributed by atoms with van der Waals surface area (Å²) in [5.41, 5.74) is 4.19. The van der Waals surface area contributed by atoms with Crippen LogP contribution >= 0.6 is 0 Å². The molecule has 0 radical (unpaired) electrons. The van der Waals surface area contributed by atoms with Crippen molar-refractivity contribution in [3.8, 4) is 6.07 Å². The van der Waals surface area contributed by atoms with E-state index in [0.717, 1.165) is 22.3 Å². The zero-order valence-electron chi connectivity index (χ0n) is 11.1.